The molecule has 2 aromatic heterocycles. The molecule has 8 nitrogen and oxygen atoms in total. The van der Waals surface area contributed by atoms with Gasteiger partial charge in [0.25, 0.3) is 5.91 Å². The van der Waals surface area contributed by atoms with Crippen LogP contribution < -0.4 is 10.6 Å². The van der Waals surface area contributed by atoms with Gasteiger partial charge in [-0.05, 0) is 121 Å². The molecule has 8 heteroatoms. The molecule has 214 valence electrons. The number of pyridine rings is 1. The van der Waals surface area contributed by atoms with Crippen molar-refractivity contribution in [1.82, 2.24) is 25.0 Å². The molecular weight excluding hydrogens is 500 g/mol. The molecule has 1 aliphatic carbocycles. The molecule has 1 aromatic carbocycles. The van der Waals surface area contributed by atoms with Crippen LogP contribution in [0.5, 0.6) is 0 Å². The summed E-state index contributed by atoms with van der Waals surface area (Å²) in [6.07, 6.45) is 11.3. The molecule has 4 heterocycles. The lowest BCUT2D eigenvalue weighted by atomic mass is 9.57. The first-order valence-electron chi connectivity index (χ1n) is 15.1. The van der Waals surface area contributed by atoms with Crippen molar-refractivity contribution < 1.29 is 9.90 Å². The Hall–Kier alpha value is -2.81. The Morgan fingerprint density at radius 2 is 1.93 bits per heavy atom. The van der Waals surface area contributed by atoms with Gasteiger partial charge in [-0.3, -0.25) is 9.48 Å². The topological polar surface area (TPSA) is 95.3 Å². The fourth-order valence-corrected chi connectivity index (χ4v) is 7.25. The number of fused-ring (bicyclic) bond motifs is 1. The summed E-state index contributed by atoms with van der Waals surface area (Å²) in [5.74, 6) is 0.634. The van der Waals surface area contributed by atoms with Gasteiger partial charge in [0.2, 0.25) is 0 Å². The van der Waals surface area contributed by atoms with Crippen molar-refractivity contribution in [3.8, 4) is 0 Å². The second-order valence-electron chi connectivity index (χ2n) is 13.1. The number of rotatable bonds is 7. The van der Waals surface area contributed by atoms with Crippen molar-refractivity contribution in [2.45, 2.75) is 77.4 Å². The van der Waals surface area contributed by atoms with Crippen LogP contribution in [-0.4, -0.2) is 63.4 Å². The largest absolute Gasteiger partial charge is 0.386 e. The zero-order chi connectivity index (χ0) is 27.9. The third-order valence-electron chi connectivity index (χ3n) is 9.58. The molecule has 2 saturated heterocycles. The van der Waals surface area contributed by atoms with Gasteiger partial charge in [-0.1, -0.05) is 6.07 Å². The highest BCUT2D eigenvalue weighted by Gasteiger charge is 2.44. The van der Waals surface area contributed by atoms with E-state index in [-0.39, 0.29) is 5.91 Å². The fourth-order valence-electron chi connectivity index (χ4n) is 7.25. The standard InChI is InChI=1S/C32H44N6O2/c1-22-5-4-6-27(34-22)30(39)35-29-17-24-21-38(36-28(24)18-26(29)31(2,3)40)25-8-15-37(16-9-25)14-7-23-19-32(20-23)10-12-33-13-11-32/h4-6,17-18,21,23,25,33,40H,7-16,19-20H2,1-3H3,(H,35,39). The SMILES string of the molecule is Cc1cccc(C(=O)Nc2cc3cn(C4CCN(CCC5CC6(CCNCC6)C5)CC4)nc3cc2C(C)(C)O)n1. The smallest absolute Gasteiger partial charge is 0.274 e. The van der Waals surface area contributed by atoms with Gasteiger partial charge in [0.15, 0.2) is 0 Å². The Morgan fingerprint density at radius 1 is 1.18 bits per heavy atom. The van der Waals surface area contributed by atoms with E-state index in [4.69, 9.17) is 5.10 Å². The number of benzene rings is 1. The van der Waals surface area contributed by atoms with Crippen molar-refractivity contribution >= 4 is 22.5 Å². The minimum atomic E-state index is -1.14. The lowest BCUT2D eigenvalue weighted by Crippen LogP contribution is -2.46. The number of aliphatic hydroxyl groups is 1. The van der Waals surface area contributed by atoms with E-state index in [0.29, 0.717) is 28.4 Å². The third-order valence-corrected chi connectivity index (χ3v) is 9.58. The summed E-state index contributed by atoms with van der Waals surface area (Å²) in [6, 6.07) is 9.60. The average Bonchev–Trinajstić information content (AvgIpc) is 3.34. The van der Waals surface area contributed by atoms with Crippen LogP contribution in [0.3, 0.4) is 0 Å². The highest BCUT2D eigenvalue weighted by Crippen LogP contribution is 2.52. The predicted octanol–water partition coefficient (Wildman–Crippen LogP) is 5.03. The maximum absolute atomic E-state index is 13.0. The Kier molecular flexibility index (Phi) is 7.44. The molecule has 1 amide bonds. The van der Waals surface area contributed by atoms with Crippen molar-refractivity contribution in [3.05, 3.63) is 53.5 Å². The number of hydrogen-bond acceptors (Lipinski definition) is 6. The summed E-state index contributed by atoms with van der Waals surface area (Å²) in [5.41, 5.74) is 2.74. The first kappa shape index (κ1) is 27.4. The summed E-state index contributed by atoms with van der Waals surface area (Å²) < 4.78 is 2.11. The number of carbonyl (C=O) groups is 1. The highest BCUT2D eigenvalue weighted by atomic mass is 16.3. The molecule has 0 radical (unpaired) electrons. The van der Waals surface area contributed by atoms with E-state index in [1.807, 2.05) is 31.2 Å². The number of anilines is 1. The minimum absolute atomic E-state index is 0.291. The van der Waals surface area contributed by atoms with Gasteiger partial charge >= 0.3 is 0 Å². The third kappa shape index (κ3) is 5.80. The summed E-state index contributed by atoms with van der Waals surface area (Å²) in [5, 5.41) is 23.3. The average molecular weight is 545 g/mol. The van der Waals surface area contributed by atoms with Crippen LogP contribution in [0.1, 0.15) is 86.6 Å². The number of hydrogen-bond donors (Lipinski definition) is 3. The van der Waals surface area contributed by atoms with E-state index in [2.05, 4.69) is 31.4 Å². The van der Waals surface area contributed by atoms with Crippen LogP contribution in [0.25, 0.3) is 10.9 Å². The van der Waals surface area contributed by atoms with Gasteiger partial charge in [0.1, 0.15) is 5.69 Å². The van der Waals surface area contributed by atoms with Crippen LogP contribution in [0.15, 0.2) is 36.5 Å². The number of aromatic nitrogens is 3. The quantitative estimate of drug-likeness (QED) is 0.386. The van der Waals surface area contributed by atoms with E-state index in [1.165, 1.54) is 51.7 Å². The van der Waals surface area contributed by atoms with E-state index in [1.54, 1.807) is 19.9 Å². The van der Waals surface area contributed by atoms with Crippen LogP contribution in [0.4, 0.5) is 5.69 Å². The first-order valence-corrected chi connectivity index (χ1v) is 15.1. The number of likely N-dealkylation sites (tertiary alicyclic amines) is 1. The van der Waals surface area contributed by atoms with Gasteiger partial charge in [0, 0.05) is 41.6 Å². The van der Waals surface area contributed by atoms with Crippen molar-refractivity contribution in [2.24, 2.45) is 11.3 Å². The molecule has 3 N–H and O–H groups in total. The van der Waals surface area contributed by atoms with Crippen molar-refractivity contribution in [3.63, 3.8) is 0 Å². The molecule has 3 aliphatic rings. The Morgan fingerprint density at radius 3 is 2.62 bits per heavy atom. The van der Waals surface area contributed by atoms with Crippen LogP contribution >= 0.6 is 0 Å². The lowest BCUT2D eigenvalue weighted by Gasteiger charge is -2.51. The summed E-state index contributed by atoms with van der Waals surface area (Å²) in [6.45, 7) is 11.2. The van der Waals surface area contributed by atoms with Crippen LogP contribution in [-0.2, 0) is 5.60 Å². The zero-order valence-corrected chi connectivity index (χ0v) is 24.2. The van der Waals surface area contributed by atoms with E-state index < -0.39 is 5.60 Å². The molecule has 6 rings (SSSR count). The second kappa shape index (κ2) is 10.9. The van der Waals surface area contributed by atoms with Crippen LogP contribution in [0.2, 0.25) is 0 Å². The number of nitrogens with zero attached hydrogens (tertiary/aromatic N) is 4. The number of nitrogens with one attached hydrogen (secondary N) is 2. The van der Waals surface area contributed by atoms with E-state index in [0.717, 1.165) is 48.4 Å². The zero-order valence-electron chi connectivity index (χ0n) is 24.2. The van der Waals surface area contributed by atoms with E-state index in [9.17, 15) is 9.90 Å². The molecule has 0 unspecified atom stereocenters. The molecule has 40 heavy (non-hydrogen) atoms. The van der Waals surface area contributed by atoms with Gasteiger partial charge in [-0.2, -0.15) is 5.10 Å². The maximum atomic E-state index is 13.0. The van der Waals surface area contributed by atoms with E-state index >= 15 is 0 Å². The molecule has 0 bridgehead atoms. The van der Waals surface area contributed by atoms with Gasteiger partial charge in [-0.15, -0.1) is 0 Å². The summed E-state index contributed by atoms with van der Waals surface area (Å²) in [7, 11) is 0. The van der Waals surface area contributed by atoms with Crippen LogP contribution in [0, 0.1) is 18.3 Å². The predicted molar refractivity (Wildman–Crippen MR) is 158 cm³/mol. The molecule has 1 spiro atoms. The molecule has 1 saturated carbocycles. The summed E-state index contributed by atoms with van der Waals surface area (Å²) in [4.78, 5) is 20.0. The second-order valence-corrected chi connectivity index (χ2v) is 13.1. The number of piperidine rings is 2. The minimum Gasteiger partial charge on any atom is -0.386 e. The fraction of sp³-hybridized carbons (Fsp3) is 0.594. The lowest BCUT2D eigenvalue weighted by molar-refractivity contribution is 0.0109. The Bertz CT molecular complexity index is 1350. The van der Waals surface area contributed by atoms with Crippen molar-refractivity contribution in [2.75, 3.05) is 38.0 Å². The first-order chi connectivity index (χ1) is 19.2. The van der Waals surface area contributed by atoms with Gasteiger partial charge < -0.3 is 20.6 Å². The molecule has 3 fully saturated rings. The Labute approximate surface area is 237 Å². The number of amides is 1. The number of carbonyl (C=O) groups excluding carboxylic acids is 1. The highest BCUT2D eigenvalue weighted by molar-refractivity contribution is 6.04. The molecule has 3 aromatic rings. The number of aryl methyl sites for hydroxylation is 1. The molecule has 0 atom stereocenters. The molecular formula is C32H44N6O2. The monoisotopic (exact) mass is 544 g/mol. The Balaban J connectivity index is 1.09. The maximum Gasteiger partial charge on any atom is 0.274 e. The summed E-state index contributed by atoms with van der Waals surface area (Å²) >= 11 is 0. The molecule has 2 aliphatic heterocycles. The normalized spacial score (nSPS) is 20.6. The van der Waals surface area contributed by atoms with Crippen molar-refractivity contribution in [1.29, 1.82) is 0 Å². The van der Waals surface area contributed by atoms with Gasteiger partial charge in [0.05, 0.1) is 17.2 Å². The van der Waals surface area contributed by atoms with Gasteiger partial charge in [-0.25, -0.2) is 4.98 Å².